The second kappa shape index (κ2) is 10.0. The van der Waals surface area contributed by atoms with Gasteiger partial charge in [-0.1, -0.05) is 5.21 Å². The Labute approximate surface area is 195 Å². The lowest BCUT2D eigenvalue weighted by Crippen LogP contribution is -2.37. The number of amides is 1. The molecule has 2 aliphatic rings. The summed E-state index contributed by atoms with van der Waals surface area (Å²) in [5.74, 6) is -1.37. The van der Waals surface area contributed by atoms with E-state index < -0.39 is 29.9 Å². The lowest BCUT2D eigenvalue weighted by atomic mass is 9.85. The fourth-order valence-corrected chi connectivity index (χ4v) is 4.38. The number of cyclic esters (lactones) is 1. The molecule has 2 fully saturated rings. The zero-order chi connectivity index (χ0) is 24.2. The van der Waals surface area contributed by atoms with Crippen LogP contribution in [-0.2, 0) is 16.0 Å². The third-order valence-electron chi connectivity index (χ3n) is 6.25. The largest absolute Gasteiger partial charge is 0.464 e. The number of piperidine rings is 1. The van der Waals surface area contributed by atoms with Gasteiger partial charge in [0.2, 0.25) is 0 Å². The van der Waals surface area contributed by atoms with Crippen molar-refractivity contribution in [3.63, 3.8) is 0 Å². The van der Waals surface area contributed by atoms with E-state index >= 15 is 0 Å². The van der Waals surface area contributed by atoms with E-state index in [1.54, 1.807) is 12.1 Å². The van der Waals surface area contributed by atoms with Gasteiger partial charge in [0.25, 0.3) is 0 Å². The van der Waals surface area contributed by atoms with Gasteiger partial charge in [-0.05, 0) is 37.0 Å². The number of anilines is 2. The first-order valence-electron chi connectivity index (χ1n) is 10.9. The van der Waals surface area contributed by atoms with Crippen LogP contribution in [0.4, 0.5) is 20.6 Å². The number of carbonyl (C=O) groups excluding carboxylic acids is 2. The molecule has 34 heavy (non-hydrogen) atoms. The minimum absolute atomic E-state index is 0.0462. The first kappa shape index (κ1) is 23.4. The summed E-state index contributed by atoms with van der Waals surface area (Å²) >= 11 is 0. The van der Waals surface area contributed by atoms with E-state index in [-0.39, 0.29) is 31.3 Å². The number of nitriles is 1. The highest BCUT2D eigenvalue weighted by Crippen LogP contribution is 2.32. The second-order valence-electron chi connectivity index (χ2n) is 8.31. The van der Waals surface area contributed by atoms with E-state index in [0.717, 1.165) is 0 Å². The molecule has 1 amide bonds. The zero-order valence-corrected chi connectivity index (χ0v) is 18.6. The van der Waals surface area contributed by atoms with Crippen molar-refractivity contribution in [3.8, 4) is 6.07 Å². The Bertz CT molecular complexity index is 1090. The van der Waals surface area contributed by atoms with Gasteiger partial charge in [0.15, 0.2) is 5.69 Å². The highest BCUT2D eigenvalue weighted by atomic mass is 19.1. The molecule has 3 heterocycles. The predicted octanol–water partition coefficient (Wildman–Crippen LogP) is 1.58. The van der Waals surface area contributed by atoms with E-state index in [0.29, 0.717) is 37.3 Å². The quantitative estimate of drug-likeness (QED) is 0.596. The molecule has 180 valence electrons. The summed E-state index contributed by atoms with van der Waals surface area (Å²) in [6.45, 7) is 1.36. The fourth-order valence-electron chi connectivity index (χ4n) is 4.38. The van der Waals surface area contributed by atoms with Crippen LogP contribution in [0.15, 0.2) is 24.4 Å². The number of aliphatic hydroxyl groups excluding tert-OH is 1. The molecule has 0 saturated carbocycles. The maximum absolute atomic E-state index is 15.0. The van der Waals surface area contributed by atoms with Crippen LogP contribution < -0.4 is 9.80 Å². The van der Waals surface area contributed by atoms with Gasteiger partial charge in [-0.25, -0.2) is 18.7 Å². The van der Waals surface area contributed by atoms with Crippen LogP contribution >= 0.6 is 0 Å². The van der Waals surface area contributed by atoms with Gasteiger partial charge in [-0.3, -0.25) is 4.90 Å². The summed E-state index contributed by atoms with van der Waals surface area (Å²) in [4.78, 5) is 27.2. The molecule has 0 bridgehead atoms. The number of halogens is 1. The van der Waals surface area contributed by atoms with Gasteiger partial charge in [0.05, 0.1) is 56.4 Å². The summed E-state index contributed by atoms with van der Waals surface area (Å²) in [5, 5.41) is 26.0. The lowest BCUT2D eigenvalue weighted by molar-refractivity contribution is 0.0593. The number of nitrogens with zero attached hydrogens (tertiary/aromatic N) is 6. The highest BCUT2D eigenvalue weighted by Gasteiger charge is 2.34. The third-order valence-corrected chi connectivity index (χ3v) is 6.25. The molecule has 1 aromatic carbocycles. The highest BCUT2D eigenvalue weighted by molar-refractivity contribution is 5.90. The Morgan fingerprint density at radius 2 is 2.18 bits per heavy atom. The molecule has 12 heteroatoms. The summed E-state index contributed by atoms with van der Waals surface area (Å²) in [5.41, 5.74) is 0.856. The van der Waals surface area contributed by atoms with Gasteiger partial charge >= 0.3 is 12.1 Å². The van der Waals surface area contributed by atoms with Crippen LogP contribution in [0.3, 0.4) is 0 Å². The fraction of sp³-hybridized carbons (Fsp3) is 0.500. The number of aliphatic hydroxyl groups is 1. The lowest BCUT2D eigenvalue weighted by Gasteiger charge is -2.35. The van der Waals surface area contributed by atoms with E-state index in [4.69, 9.17) is 10.00 Å². The van der Waals surface area contributed by atoms with Gasteiger partial charge in [0, 0.05) is 13.1 Å². The molecule has 0 spiro atoms. The smallest absolute Gasteiger partial charge is 0.414 e. The molecular formula is C22H25FN6O5. The minimum atomic E-state index is -0.616. The number of hydrogen-bond donors (Lipinski definition) is 1. The van der Waals surface area contributed by atoms with Crippen LogP contribution in [0, 0.1) is 29.0 Å². The molecule has 0 aliphatic carbocycles. The maximum atomic E-state index is 15.0. The van der Waals surface area contributed by atoms with E-state index in [1.165, 1.54) is 29.0 Å². The van der Waals surface area contributed by atoms with Crippen molar-refractivity contribution in [1.29, 1.82) is 5.26 Å². The molecule has 11 nitrogen and oxygen atoms in total. The molecule has 2 atom stereocenters. The van der Waals surface area contributed by atoms with Crippen LogP contribution in [0.1, 0.15) is 23.3 Å². The monoisotopic (exact) mass is 472 g/mol. The van der Waals surface area contributed by atoms with Crippen molar-refractivity contribution >= 4 is 23.4 Å². The number of ether oxygens (including phenoxy) is 2. The van der Waals surface area contributed by atoms with Gasteiger partial charge < -0.3 is 19.5 Å². The van der Waals surface area contributed by atoms with Crippen molar-refractivity contribution in [2.24, 2.45) is 11.8 Å². The number of esters is 1. The number of benzene rings is 1. The van der Waals surface area contributed by atoms with Crippen molar-refractivity contribution < 1.29 is 28.6 Å². The van der Waals surface area contributed by atoms with Crippen molar-refractivity contribution in [2.45, 2.75) is 25.5 Å². The molecule has 4 rings (SSSR count). The molecule has 1 N–H and O–H groups in total. The zero-order valence-electron chi connectivity index (χ0n) is 18.6. The van der Waals surface area contributed by atoms with Crippen molar-refractivity contribution in [3.05, 3.63) is 35.9 Å². The normalized spacial score (nSPS) is 19.6. The standard InChI is InChI=1S/C22H25FN6O5/c1-33-21(31)19-12-28(26-25-19)10-17-11-29(22(32)34-17)16-2-3-20(18(23)8-16)27-6-4-14(5-7-27)15(9-24)13-30/h2-3,8,12,14-15,17,30H,4-7,10-11,13H2,1H3/t15?,17-/m1/s1. The van der Waals surface area contributed by atoms with E-state index in [2.05, 4.69) is 21.1 Å². The van der Waals surface area contributed by atoms with Crippen LogP contribution in [-0.4, -0.2) is 71.6 Å². The Hall–Kier alpha value is -3.72. The summed E-state index contributed by atoms with van der Waals surface area (Å²) < 4.78 is 26.3. The average molecular weight is 472 g/mol. The average Bonchev–Trinajstić information content (AvgIpc) is 3.46. The second-order valence-corrected chi connectivity index (χ2v) is 8.31. The molecule has 2 saturated heterocycles. The Morgan fingerprint density at radius 1 is 1.41 bits per heavy atom. The summed E-state index contributed by atoms with van der Waals surface area (Å²) in [6, 6.07) is 6.75. The summed E-state index contributed by atoms with van der Waals surface area (Å²) in [6.07, 6.45) is 1.64. The molecule has 1 unspecified atom stereocenters. The number of carbonyl (C=O) groups is 2. The van der Waals surface area contributed by atoms with Crippen LogP contribution in [0.5, 0.6) is 0 Å². The third kappa shape index (κ3) is 4.79. The van der Waals surface area contributed by atoms with Crippen LogP contribution in [0.25, 0.3) is 0 Å². The molecule has 0 radical (unpaired) electrons. The number of hydrogen-bond acceptors (Lipinski definition) is 9. The first-order chi connectivity index (χ1) is 16.4. The number of aromatic nitrogens is 3. The maximum Gasteiger partial charge on any atom is 0.414 e. The van der Waals surface area contributed by atoms with E-state index in [9.17, 15) is 19.1 Å². The topological polar surface area (TPSA) is 134 Å². The van der Waals surface area contributed by atoms with Crippen LogP contribution in [0.2, 0.25) is 0 Å². The molecule has 2 aromatic rings. The Morgan fingerprint density at radius 3 is 2.82 bits per heavy atom. The van der Waals surface area contributed by atoms with E-state index in [1.807, 2.05) is 4.90 Å². The minimum Gasteiger partial charge on any atom is -0.464 e. The number of rotatable bonds is 7. The van der Waals surface area contributed by atoms with Crippen molar-refractivity contribution in [2.75, 3.05) is 43.2 Å². The predicted molar refractivity (Wildman–Crippen MR) is 117 cm³/mol. The van der Waals surface area contributed by atoms with Crippen molar-refractivity contribution in [1.82, 2.24) is 15.0 Å². The first-order valence-corrected chi connectivity index (χ1v) is 10.9. The molecular weight excluding hydrogens is 447 g/mol. The van der Waals surface area contributed by atoms with Gasteiger partial charge in [0.1, 0.15) is 11.9 Å². The van der Waals surface area contributed by atoms with Gasteiger partial charge in [-0.2, -0.15) is 5.26 Å². The Kier molecular flexibility index (Phi) is 6.93. The Balaban J connectivity index is 1.38. The molecule has 2 aliphatic heterocycles. The summed E-state index contributed by atoms with van der Waals surface area (Å²) in [7, 11) is 1.24. The SMILES string of the molecule is COC(=O)c1cn(C[C@@H]2CN(c3ccc(N4CCC(C(C#N)CO)CC4)c(F)c3)C(=O)O2)nn1. The van der Waals surface area contributed by atoms with Gasteiger partial charge in [-0.15, -0.1) is 5.10 Å². The molecule has 1 aromatic heterocycles. The number of methoxy groups -OCH3 is 1.